The Hall–Kier alpha value is -2.17. The minimum atomic E-state index is 0.225. The van der Waals surface area contributed by atoms with Gasteiger partial charge < -0.3 is 9.47 Å². The van der Waals surface area contributed by atoms with Gasteiger partial charge in [0.05, 0.1) is 6.42 Å². The normalized spacial score (nSPS) is 21.0. The summed E-state index contributed by atoms with van der Waals surface area (Å²) in [6, 6.07) is 8.82. The molecule has 2 fully saturated rings. The van der Waals surface area contributed by atoms with E-state index in [2.05, 4.69) is 33.8 Å². The molecule has 4 rings (SSSR count). The fourth-order valence-corrected chi connectivity index (χ4v) is 3.70. The molecule has 1 aromatic heterocycles. The second-order valence-electron chi connectivity index (χ2n) is 7.17. The van der Waals surface area contributed by atoms with Gasteiger partial charge in [-0.1, -0.05) is 29.8 Å². The second-order valence-corrected chi connectivity index (χ2v) is 7.17. The molecular weight excluding hydrogens is 300 g/mol. The number of rotatable bonds is 4. The number of amides is 1. The van der Waals surface area contributed by atoms with Crippen molar-refractivity contribution in [2.45, 2.75) is 51.0 Å². The lowest BCUT2D eigenvalue weighted by atomic mass is 9.96. The van der Waals surface area contributed by atoms with Gasteiger partial charge in [-0.3, -0.25) is 4.79 Å². The van der Waals surface area contributed by atoms with Crippen molar-refractivity contribution in [3.05, 3.63) is 47.5 Å². The van der Waals surface area contributed by atoms with E-state index in [0.29, 0.717) is 18.4 Å². The molecule has 5 heteroatoms. The second kappa shape index (κ2) is 6.38. The highest BCUT2D eigenvalue weighted by atomic mass is 16.2. The maximum Gasteiger partial charge on any atom is 0.227 e. The van der Waals surface area contributed by atoms with Crippen LogP contribution in [0.15, 0.2) is 30.6 Å². The summed E-state index contributed by atoms with van der Waals surface area (Å²) >= 11 is 0. The van der Waals surface area contributed by atoms with E-state index in [-0.39, 0.29) is 5.91 Å². The number of piperidine rings is 1. The van der Waals surface area contributed by atoms with E-state index in [0.717, 1.165) is 37.3 Å². The lowest BCUT2D eigenvalue weighted by molar-refractivity contribution is -0.131. The van der Waals surface area contributed by atoms with Crippen molar-refractivity contribution < 1.29 is 4.79 Å². The summed E-state index contributed by atoms with van der Waals surface area (Å²) in [6.45, 7) is 3.70. The number of aryl methyl sites for hydroxylation is 1. The minimum absolute atomic E-state index is 0.225. The van der Waals surface area contributed by atoms with Crippen LogP contribution in [0.2, 0.25) is 0 Å². The molecule has 1 aliphatic carbocycles. The van der Waals surface area contributed by atoms with Crippen LogP contribution >= 0.6 is 0 Å². The van der Waals surface area contributed by atoms with Crippen LogP contribution < -0.4 is 0 Å². The Bertz CT molecular complexity index is 734. The SMILES string of the molecule is Cc1cccc(CC(=O)N2CCCC(c3nncn3C3CC3)C2)c1. The number of nitrogens with zero attached hydrogens (tertiary/aromatic N) is 4. The number of benzene rings is 1. The van der Waals surface area contributed by atoms with Crippen LogP contribution in [0.1, 0.15) is 54.6 Å². The van der Waals surface area contributed by atoms with Crippen molar-refractivity contribution in [3.8, 4) is 0 Å². The quantitative estimate of drug-likeness (QED) is 0.869. The highest BCUT2D eigenvalue weighted by molar-refractivity contribution is 5.79. The van der Waals surface area contributed by atoms with Crippen LogP contribution in [0.25, 0.3) is 0 Å². The fourth-order valence-electron chi connectivity index (χ4n) is 3.70. The number of hydrogen-bond acceptors (Lipinski definition) is 3. The Morgan fingerprint density at radius 1 is 1.29 bits per heavy atom. The third-order valence-corrected chi connectivity index (χ3v) is 5.12. The lowest BCUT2D eigenvalue weighted by Crippen LogP contribution is -2.40. The molecule has 0 N–H and O–H groups in total. The van der Waals surface area contributed by atoms with Crippen LogP contribution in [0.5, 0.6) is 0 Å². The van der Waals surface area contributed by atoms with Crippen molar-refractivity contribution in [1.82, 2.24) is 19.7 Å². The molecule has 1 saturated heterocycles. The van der Waals surface area contributed by atoms with Gasteiger partial charge in [0.2, 0.25) is 5.91 Å². The van der Waals surface area contributed by atoms with E-state index in [9.17, 15) is 4.79 Å². The topological polar surface area (TPSA) is 51.0 Å². The summed E-state index contributed by atoms with van der Waals surface area (Å²) in [5.74, 6) is 1.62. The van der Waals surface area contributed by atoms with Gasteiger partial charge in [-0.25, -0.2) is 0 Å². The zero-order valence-electron chi connectivity index (χ0n) is 14.2. The molecule has 1 aromatic carbocycles. The average Bonchev–Trinajstić information content (AvgIpc) is 3.31. The minimum Gasteiger partial charge on any atom is -0.342 e. The van der Waals surface area contributed by atoms with Crippen LogP contribution in [0.4, 0.5) is 0 Å². The standard InChI is InChI=1S/C19H24N4O/c1-14-4-2-5-15(10-14)11-18(24)22-9-3-6-16(12-22)19-21-20-13-23(19)17-7-8-17/h2,4-5,10,13,16-17H,3,6-9,11-12H2,1H3. The van der Waals surface area contributed by atoms with Crippen LogP contribution in [-0.4, -0.2) is 38.7 Å². The largest absolute Gasteiger partial charge is 0.342 e. The van der Waals surface area contributed by atoms with Gasteiger partial charge >= 0.3 is 0 Å². The average molecular weight is 324 g/mol. The maximum absolute atomic E-state index is 12.7. The van der Waals surface area contributed by atoms with E-state index in [1.165, 1.54) is 18.4 Å². The van der Waals surface area contributed by atoms with E-state index >= 15 is 0 Å². The molecule has 5 nitrogen and oxygen atoms in total. The summed E-state index contributed by atoms with van der Waals surface area (Å²) in [5.41, 5.74) is 2.30. The molecule has 0 bridgehead atoms. The highest BCUT2D eigenvalue weighted by Crippen LogP contribution is 2.38. The van der Waals surface area contributed by atoms with Crippen molar-refractivity contribution in [3.63, 3.8) is 0 Å². The molecule has 1 atom stereocenters. The van der Waals surface area contributed by atoms with Crippen molar-refractivity contribution in [1.29, 1.82) is 0 Å². The zero-order valence-corrected chi connectivity index (χ0v) is 14.2. The molecule has 2 aliphatic rings. The van der Waals surface area contributed by atoms with Gasteiger partial charge in [0.25, 0.3) is 0 Å². The molecule has 0 radical (unpaired) electrons. The zero-order chi connectivity index (χ0) is 16.5. The first-order valence-corrected chi connectivity index (χ1v) is 8.93. The van der Waals surface area contributed by atoms with Gasteiger partial charge in [0.15, 0.2) is 0 Å². The number of likely N-dealkylation sites (tertiary alicyclic amines) is 1. The first-order valence-electron chi connectivity index (χ1n) is 8.93. The van der Waals surface area contributed by atoms with Crippen molar-refractivity contribution in [2.75, 3.05) is 13.1 Å². The Balaban J connectivity index is 1.44. The highest BCUT2D eigenvalue weighted by Gasteiger charge is 2.32. The number of aromatic nitrogens is 3. The summed E-state index contributed by atoms with van der Waals surface area (Å²) in [7, 11) is 0. The van der Waals surface area contributed by atoms with E-state index in [1.54, 1.807) is 0 Å². The Morgan fingerprint density at radius 3 is 2.96 bits per heavy atom. The lowest BCUT2D eigenvalue weighted by Gasteiger charge is -2.32. The van der Waals surface area contributed by atoms with Gasteiger partial charge in [-0.2, -0.15) is 0 Å². The van der Waals surface area contributed by atoms with Gasteiger partial charge in [0, 0.05) is 25.0 Å². The molecule has 1 saturated carbocycles. The molecule has 24 heavy (non-hydrogen) atoms. The summed E-state index contributed by atoms with van der Waals surface area (Å²) in [5, 5.41) is 8.48. The summed E-state index contributed by atoms with van der Waals surface area (Å²) in [4.78, 5) is 14.7. The third kappa shape index (κ3) is 3.21. The first-order chi connectivity index (χ1) is 11.7. The number of hydrogen-bond donors (Lipinski definition) is 0. The predicted octanol–water partition coefficient (Wildman–Crippen LogP) is 2.87. The molecule has 2 heterocycles. The Kier molecular flexibility index (Phi) is 4.08. The van der Waals surface area contributed by atoms with E-state index in [1.807, 2.05) is 23.4 Å². The van der Waals surface area contributed by atoms with Crippen molar-refractivity contribution in [2.24, 2.45) is 0 Å². The Morgan fingerprint density at radius 2 is 2.17 bits per heavy atom. The smallest absolute Gasteiger partial charge is 0.227 e. The molecule has 0 spiro atoms. The number of carbonyl (C=O) groups is 1. The van der Waals surface area contributed by atoms with Gasteiger partial charge in [0.1, 0.15) is 12.2 Å². The number of carbonyl (C=O) groups excluding carboxylic acids is 1. The van der Waals surface area contributed by atoms with Crippen LogP contribution in [0, 0.1) is 6.92 Å². The molecule has 1 unspecified atom stereocenters. The Labute approximate surface area is 142 Å². The van der Waals surface area contributed by atoms with Crippen molar-refractivity contribution >= 4 is 5.91 Å². The third-order valence-electron chi connectivity index (χ3n) is 5.12. The fraction of sp³-hybridized carbons (Fsp3) is 0.526. The molecular formula is C19H24N4O. The van der Waals surface area contributed by atoms with Gasteiger partial charge in [-0.05, 0) is 38.2 Å². The molecule has 1 amide bonds. The monoisotopic (exact) mass is 324 g/mol. The van der Waals surface area contributed by atoms with Crippen LogP contribution in [0.3, 0.4) is 0 Å². The van der Waals surface area contributed by atoms with Crippen LogP contribution in [-0.2, 0) is 11.2 Å². The van der Waals surface area contributed by atoms with E-state index < -0.39 is 0 Å². The van der Waals surface area contributed by atoms with Gasteiger partial charge in [-0.15, -0.1) is 10.2 Å². The molecule has 126 valence electrons. The summed E-state index contributed by atoms with van der Waals surface area (Å²) < 4.78 is 2.24. The van der Waals surface area contributed by atoms with E-state index in [4.69, 9.17) is 0 Å². The maximum atomic E-state index is 12.7. The first kappa shape index (κ1) is 15.4. The molecule has 1 aliphatic heterocycles. The summed E-state index contributed by atoms with van der Waals surface area (Å²) in [6.07, 6.45) is 6.95. The molecule has 2 aromatic rings. The predicted molar refractivity (Wildman–Crippen MR) is 91.7 cm³/mol.